The third kappa shape index (κ3) is 3.37. The Balaban J connectivity index is 2.29. The van der Waals surface area contributed by atoms with E-state index in [0.29, 0.717) is 22.0 Å². The summed E-state index contributed by atoms with van der Waals surface area (Å²) in [6, 6.07) is 4.77. The summed E-state index contributed by atoms with van der Waals surface area (Å²) in [6.45, 7) is 0. The molecule has 1 aliphatic carbocycles. The lowest BCUT2D eigenvalue weighted by Crippen LogP contribution is -2.15. The topological polar surface area (TPSA) is 34.1 Å². The zero-order valence-corrected chi connectivity index (χ0v) is 13.2. The van der Waals surface area contributed by atoms with Crippen LogP contribution in [-0.2, 0) is 9.59 Å². The molecule has 0 N–H and O–H groups in total. The fourth-order valence-electron chi connectivity index (χ4n) is 2.35. The fourth-order valence-corrected chi connectivity index (χ4v) is 2.93. The Hall–Kier alpha value is -0.540. The molecule has 2 nitrogen and oxygen atoms in total. The Morgan fingerprint density at radius 3 is 2.60 bits per heavy atom. The maximum atomic E-state index is 12.4. The normalized spacial score (nSPS) is 22.2. The van der Waals surface area contributed by atoms with E-state index in [0.717, 1.165) is 0 Å². The lowest BCUT2D eigenvalue weighted by Gasteiger charge is -2.11. The molecular weight excluding hydrogens is 342 g/mol. The Morgan fingerprint density at radius 2 is 1.95 bits per heavy atom. The van der Waals surface area contributed by atoms with Crippen molar-refractivity contribution in [1.29, 1.82) is 0 Å². The third-order valence-corrected chi connectivity index (χ3v) is 4.17. The molecule has 0 radical (unpaired) electrons. The van der Waals surface area contributed by atoms with Crippen molar-refractivity contribution in [1.82, 2.24) is 0 Å². The Morgan fingerprint density at radius 1 is 1.25 bits per heavy atom. The van der Waals surface area contributed by atoms with Crippen LogP contribution in [0.25, 0.3) is 0 Å². The number of halogens is 4. The molecule has 0 aromatic heterocycles. The van der Waals surface area contributed by atoms with E-state index in [1.165, 1.54) is 6.08 Å². The van der Waals surface area contributed by atoms with Crippen LogP contribution in [0, 0.1) is 5.92 Å². The first-order valence-electron chi connectivity index (χ1n) is 5.92. The zero-order chi connectivity index (χ0) is 14.9. The summed E-state index contributed by atoms with van der Waals surface area (Å²) in [5.41, 5.74) is 0.470. The van der Waals surface area contributed by atoms with Crippen molar-refractivity contribution in [2.75, 3.05) is 0 Å². The van der Waals surface area contributed by atoms with E-state index in [1.807, 2.05) is 0 Å². The molecule has 20 heavy (non-hydrogen) atoms. The molecule has 1 aromatic rings. The van der Waals surface area contributed by atoms with Crippen LogP contribution in [0.4, 0.5) is 0 Å². The second kappa shape index (κ2) is 6.48. The average molecular weight is 352 g/mol. The van der Waals surface area contributed by atoms with Crippen LogP contribution >= 0.6 is 46.4 Å². The van der Waals surface area contributed by atoms with Gasteiger partial charge in [0.2, 0.25) is 0 Å². The van der Waals surface area contributed by atoms with Gasteiger partial charge in [0.1, 0.15) is 16.2 Å². The standard InChI is InChI=1S/C14H10Cl4O2/c15-8-2-3-10(16)9(6-8)13-11(19)5-7(14(13)20)1-4-12(17)18/h2-4,6-7,13H,1,5H2. The molecule has 106 valence electrons. The number of benzene rings is 1. The van der Waals surface area contributed by atoms with Gasteiger partial charge in [0, 0.05) is 22.4 Å². The minimum absolute atomic E-state index is 0.0921. The highest BCUT2D eigenvalue weighted by Gasteiger charge is 2.42. The summed E-state index contributed by atoms with van der Waals surface area (Å²) in [4.78, 5) is 24.4. The third-order valence-electron chi connectivity index (χ3n) is 3.28. The van der Waals surface area contributed by atoms with Crippen molar-refractivity contribution < 1.29 is 9.59 Å². The molecular formula is C14H10Cl4O2. The van der Waals surface area contributed by atoms with E-state index < -0.39 is 11.8 Å². The van der Waals surface area contributed by atoms with Crippen LogP contribution in [0.15, 0.2) is 28.8 Å². The van der Waals surface area contributed by atoms with Crippen LogP contribution in [0.1, 0.15) is 24.3 Å². The van der Waals surface area contributed by atoms with E-state index in [4.69, 9.17) is 46.4 Å². The van der Waals surface area contributed by atoms with E-state index in [-0.39, 0.29) is 22.5 Å². The van der Waals surface area contributed by atoms with Gasteiger partial charge in [0.25, 0.3) is 0 Å². The SMILES string of the molecule is O=C1CC(CC=C(Cl)Cl)C(=O)C1c1cc(Cl)ccc1Cl. The number of allylic oxidation sites excluding steroid dienone is 1. The molecule has 0 saturated heterocycles. The Labute approximate surface area is 136 Å². The molecule has 0 spiro atoms. The first-order valence-corrected chi connectivity index (χ1v) is 7.44. The molecule has 6 heteroatoms. The van der Waals surface area contributed by atoms with Crippen molar-refractivity contribution in [3.63, 3.8) is 0 Å². The highest BCUT2D eigenvalue weighted by molar-refractivity contribution is 6.55. The second-order valence-electron chi connectivity index (χ2n) is 4.60. The Kier molecular flexibility index (Phi) is 5.14. The molecule has 2 rings (SSSR count). The summed E-state index contributed by atoms with van der Waals surface area (Å²) in [6.07, 6.45) is 2.05. The maximum absolute atomic E-state index is 12.4. The molecule has 0 heterocycles. The van der Waals surface area contributed by atoms with Crippen molar-refractivity contribution >= 4 is 58.0 Å². The molecule has 0 bridgehead atoms. The van der Waals surface area contributed by atoms with Gasteiger partial charge in [-0.1, -0.05) is 52.5 Å². The number of rotatable bonds is 3. The number of carbonyl (C=O) groups is 2. The monoisotopic (exact) mass is 350 g/mol. The molecule has 1 saturated carbocycles. The minimum atomic E-state index is -0.839. The van der Waals surface area contributed by atoms with Gasteiger partial charge in [-0.15, -0.1) is 0 Å². The van der Waals surface area contributed by atoms with Crippen molar-refractivity contribution in [2.24, 2.45) is 5.92 Å². The van der Waals surface area contributed by atoms with E-state index in [1.54, 1.807) is 18.2 Å². The van der Waals surface area contributed by atoms with Gasteiger partial charge in [-0.25, -0.2) is 0 Å². The first-order chi connectivity index (χ1) is 9.40. The number of hydrogen-bond donors (Lipinski definition) is 0. The lowest BCUT2D eigenvalue weighted by atomic mass is 9.93. The highest BCUT2D eigenvalue weighted by Crippen LogP contribution is 2.38. The van der Waals surface area contributed by atoms with Gasteiger partial charge in [0.15, 0.2) is 5.78 Å². The van der Waals surface area contributed by atoms with Gasteiger partial charge >= 0.3 is 0 Å². The van der Waals surface area contributed by atoms with Crippen molar-refractivity contribution in [3.8, 4) is 0 Å². The van der Waals surface area contributed by atoms with Gasteiger partial charge in [-0.2, -0.15) is 0 Å². The van der Waals surface area contributed by atoms with Crippen LogP contribution in [0.3, 0.4) is 0 Å². The van der Waals surface area contributed by atoms with Crippen molar-refractivity contribution in [3.05, 3.63) is 44.4 Å². The predicted octanol–water partition coefficient (Wildman–Crippen LogP) is 4.94. The summed E-state index contributed by atoms with van der Waals surface area (Å²) >= 11 is 23.0. The molecule has 1 aliphatic rings. The molecule has 0 amide bonds. The lowest BCUT2D eigenvalue weighted by molar-refractivity contribution is -0.124. The first kappa shape index (κ1) is 15.8. The van der Waals surface area contributed by atoms with E-state index in [9.17, 15) is 9.59 Å². The highest BCUT2D eigenvalue weighted by atomic mass is 35.5. The second-order valence-corrected chi connectivity index (χ2v) is 6.45. The fraction of sp³-hybridized carbons (Fsp3) is 0.286. The maximum Gasteiger partial charge on any atom is 0.151 e. The van der Waals surface area contributed by atoms with E-state index >= 15 is 0 Å². The number of Topliss-reactive ketones (excluding diaryl/α,β-unsaturated/α-hetero) is 2. The summed E-state index contributed by atoms with van der Waals surface area (Å²) in [7, 11) is 0. The number of ketones is 2. The van der Waals surface area contributed by atoms with Crippen LogP contribution in [-0.4, -0.2) is 11.6 Å². The molecule has 0 aliphatic heterocycles. The summed E-state index contributed by atoms with van der Waals surface area (Å²) in [5, 5.41) is 0.810. The van der Waals surface area contributed by atoms with Gasteiger partial charge < -0.3 is 0 Å². The zero-order valence-electron chi connectivity index (χ0n) is 10.2. The van der Waals surface area contributed by atoms with Crippen LogP contribution in [0.2, 0.25) is 10.0 Å². The van der Waals surface area contributed by atoms with Crippen LogP contribution < -0.4 is 0 Å². The predicted molar refractivity (Wildman–Crippen MR) is 81.7 cm³/mol. The van der Waals surface area contributed by atoms with Gasteiger partial charge in [-0.3, -0.25) is 9.59 Å². The molecule has 1 aromatic carbocycles. The Bertz CT molecular complexity index is 591. The smallest absolute Gasteiger partial charge is 0.151 e. The van der Waals surface area contributed by atoms with Gasteiger partial charge in [-0.05, 0) is 30.2 Å². The van der Waals surface area contributed by atoms with Crippen molar-refractivity contribution in [2.45, 2.75) is 18.8 Å². The van der Waals surface area contributed by atoms with Crippen LogP contribution in [0.5, 0.6) is 0 Å². The minimum Gasteiger partial charge on any atom is -0.298 e. The van der Waals surface area contributed by atoms with E-state index in [2.05, 4.69) is 0 Å². The summed E-state index contributed by atoms with van der Waals surface area (Å²) in [5.74, 6) is -1.56. The molecule has 1 fully saturated rings. The largest absolute Gasteiger partial charge is 0.298 e. The quantitative estimate of drug-likeness (QED) is 0.722. The molecule has 2 atom stereocenters. The number of carbonyl (C=O) groups excluding carboxylic acids is 2. The number of hydrogen-bond acceptors (Lipinski definition) is 2. The average Bonchev–Trinajstić information content (AvgIpc) is 2.65. The summed E-state index contributed by atoms with van der Waals surface area (Å²) < 4.78 is 0.0921. The van der Waals surface area contributed by atoms with Gasteiger partial charge in [0.05, 0.1) is 0 Å². The molecule has 2 unspecified atom stereocenters.